The molecule has 0 aliphatic rings. The Hall–Kier alpha value is -3.76. The zero-order valence-electron chi connectivity index (χ0n) is 21.9. The Morgan fingerprint density at radius 3 is 2.24 bits per heavy atom. The first kappa shape index (κ1) is 28.8. The molecule has 3 N–H and O–H groups in total. The van der Waals surface area contributed by atoms with E-state index in [-0.39, 0.29) is 42.5 Å². The minimum Gasteiger partial charge on any atom is -0.481 e. The van der Waals surface area contributed by atoms with Crippen molar-refractivity contribution in [3.05, 3.63) is 77.2 Å². The SMILES string of the molecule is CC(C)c1c(C(=O)N(C)C(C)c2ccccc2)nn(-c2ccc(F)cc2)c1OCC(O)CC(O)CC(=O)O. The highest BCUT2D eigenvalue weighted by Gasteiger charge is 2.31. The summed E-state index contributed by atoms with van der Waals surface area (Å²) in [6, 6.07) is 14.8. The van der Waals surface area contributed by atoms with Crippen LogP contribution >= 0.6 is 0 Å². The molecule has 3 rings (SSSR count). The van der Waals surface area contributed by atoms with E-state index in [1.54, 1.807) is 11.9 Å². The predicted octanol–water partition coefficient (Wildman–Crippen LogP) is 3.93. The summed E-state index contributed by atoms with van der Waals surface area (Å²) in [6.45, 7) is 5.38. The fraction of sp³-hybridized carbons (Fsp3) is 0.393. The topological polar surface area (TPSA) is 125 Å². The number of aliphatic carboxylic acids is 1. The molecule has 0 bridgehead atoms. The van der Waals surface area contributed by atoms with Crippen LogP contribution in [-0.4, -0.2) is 67.7 Å². The van der Waals surface area contributed by atoms with Crippen molar-refractivity contribution in [2.45, 2.75) is 57.8 Å². The summed E-state index contributed by atoms with van der Waals surface area (Å²) in [5, 5.41) is 33.7. The van der Waals surface area contributed by atoms with Crippen LogP contribution < -0.4 is 4.74 Å². The molecule has 10 heteroatoms. The van der Waals surface area contributed by atoms with Gasteiger partial charge in [-0.3, -0.25) is 9.59 Å². The summed E-state index contributed by atoms with van der Waals surface area (Å²) in [6.07, 6.45) is -3.15. The van der Waals surface area contributed by atoms with Crippen LogP contribution in [0.1, 0.15) is 67.2 Å². The van der Waals surface area contributed by atoms with Crippen LogP contribution in [0.15, 0.2) is 54.6 Å². The minimum atomic E-state index is -1.25. The fourth-order valence-electron chi connectivity index (χ4n) is 4.13. The Balaban J connectivity index is 1.98. The van der Waals surface area contributed by atoms with Crippen LogP contribution in [0.4, 0.5) is 4.39 Å². The number of rotatable bonds is 12. The third kappa shape index (κ3) is 6.96. The summed E-state index contributed by atoms with van der Waals surface area (Å²) < 4.78 is 21.0. The van der Waals surface area contributed by atoms with Crippen LogP contribution in [-0.2, 0) is 4.79 Å². The Bertz CT molecular complexity index is 1230. The van der Waals surface area contributed by atoms with Gasteiger partial charge in [0.15, 0.2) is 5.69 Å². The van der Waals surface area contributed by atoms with Gasteiger partial charge in [-0.2, -0.15) is 5.10 Å². The van der Waals surface area contributed by atoms with E-state index in [0.29, 0.717) is 11.3 Å². The number of ether oxygens (including phenoxy) is 1. The van der Waals surface area contributed by atoms with E-state index in [1.165, 1.54) is 28.9 Å². The van der Waals surface area contributed by atoms with E-state index >= 15 is 0 Å². The molecule has 1 amide bonds. The third-order valence-corrected chi connectivity index (χ3v) is 6.28. The highest BCUT2D eigenvalue weighted by atomic mass is 19.1. The van der Waals surface area contributed by atoms with Crippen LogP contribution in [0.3, 0.4) is 0 Å². The molecule has 0 spiro atoms. The molecular formula is C28H34FN3O6. The molecule has 0 saturated carbocycles. The number of hydrogen-bond acceptors (Lipinski definition) is 6. The van der Waals surface area contributed by atoms with Crippen molar-refractivity contribution in [1.29, 1.82) is 0 Å². The number of halogens is 1. The Morgan fingerprint density at radius 2 is 1.66 bits per heavy atom. The predicted molar refractivity (Wildman–Crippen MR) is 139 cm³/mol. The van der Waals surface area contributed by atoms with Gasteiger partial charge in [-0.25, -0.2) is 9.07 Å². The molecule has 9 nitrogen and oxygen atoms in total. The van der Waals surface area contributed by atoms with Crippen LogP contribution in [0.5, 0.6) is 5.88 Å². The van der Waals surface area contributed by atoms with Gasteiger partial charge in [0.25, 0.3) is 5.91 Å². The standard InChI is InChI=1S/C28H34FN3O6/c1-17(2)25-26(27(37)31(4)18(3)19-8-6-5-7-9-19)30-32(21-12-10-20(29)11-13-21)28(25)38-16-23(34)14-22(33)15-24(35)36/h5-13,17-18,22-23,33-34H,14-16H2,1-4H3,(H,35,36). The van der Waals surface area contributed by atoms with Gasteiger partial charge < -0.3 is 25.0 Å². The smallest absolute Gasteiger partial charge is 0.305 e. The number of carboxylic acids is 1. The quantitative estimate of drug-likeness (QED) is 0.326. The van der Waals surface area contributed by atoms with E-state index in [2.05, 4.69) is 5.10 Å². The maximum Gasteiger partial charge on any atom is 0.305 e. The zero-order chi connectivity index (χ0) is 28.0. The van der Waals surface area contributed by atoms with Crippen molar-refractivity contribution in [3.63, 3.8) is 0 Å². The van der Waals surface area contributed by atoms with E-state index in [4.69, 9.17) is 9.84 Å². The second-order valence-corrected chi connectivity index (χ2v) is 9.57. The van der Waals surface area contributed by atoms with Gasteiger partial charge in [0.1, 0.15) is 12.4 Å². The lowest BCUT2D eigenvalue weighted by molar-refractivity contribution is -0.139. The summed E-state index contributed by atoms with van der Waals surface area (Å²) >= 11 is 0. The Morgan fingerprint density at radius 1 is 1.03 bits per heavy atom. The normalized spacial score (nSPS) is 13.7. The van der Waals surface area contributed by atoms with Crippen molar-refractivity contribution in [2.75, 3.05) is 13.7 Å². The Labute approximate surface area is 221 Å². The number of aliphatic hydroxyl groups is 2. The molecule has 0 aliphatic heterocycles. The molecule has 0 aliphatic carbocycles. The maximum atomic E-state index is 13.7. The van der Waals surface area contributed by atoms with Gasteiger partial charge >= 0.3 is 5.97 Å². The van der Waals surface area contributed by atoms with Crippen molar-refractivity contribution < 1.29 is 34.0 Å². The van der Waals surface area contributed by atoms with Crippen LogP contribution in [0.2, 0.25) is 0 Å². The van der Waals surface area contributed by atoms with Gasteiger partial charge in [-0.05, 0) is 42.7 Å². The summed E-state index contributed by atoms with van der Waals surface area (Å²) in [5.41, 5.74) is 2.06. The lowest BCUT2D eigenvalue weighted by atomic mass is 10.0. The number of hydrogen-bond donors (Lipinski definition) is 3. The lowest BCUT2D eigenvalue weighted by Crippen LogP contribution is -2.31. The van der Waals surface area contributed by atoms with E-state index in [9.17, 15) is 24.2 Å². The van der Waals surface area contributed by atoms with Crippen molar-refractivity contribution in [3.8, 4) is 11.6 Å². The van der Waals surface area contributed by atoms with Gasteiger partial charge in [0, 0.05) is 19.0 Å². The first-order chi connectivity index (χ1) is 18.0. The average Bonchev–Trinajstić information content (AvgIpc) is 3.26. The lowest BCUT2D eigenvalue weighted by Gasteiger charge is -2.25. The minimum absolute atomic E-state index is 0.157. The highest BCUT2D eigenvalue weighted by Crippen LogP contribution is 2.34. The van der Waals surface area contributed by atoms with Crippen molar-refractivity contribution >= 4 is 11.9 Å². The second-order valence-electron chi connectivity index (χ2n) is 9.57. The number of aromatic nitrogens is 2. The monoisotopic (exact) mass is 527 g/mol. The Kier molecular flexibility index (Phi) is 9.60. The second kappa shape index (κ2) is 12.7. The number of carbonyl (C=O) groups excluding carboxylic acids is 1. The number of carbonyl (C=O) groups is 2. The molecule has 3 aromatic rings. The van der Waals surface area contributed by atoms with E-state index < -0.39 is 30.4 Å². The average molecular weight is 528 g/mol. The van der Waals surface area contributed by atoms with Crippen LogP contribution in [0, 0.1) is 5.82 Å². The summed E-state index contributed by atoms with van der Waals surface area (Å²) in [4.78, 5) is 26.1. The van der Waals surface area contributed by atoms with Gasteiger partial charge in [0.05, 0.1) is 30.4 Å². The molecule has 3 unspecified atom stereocenters. The molecule has 1 aromatic heterocycles. The largest absolute Gasteiger partial charge is 0.481 e. The molecule has 3 atom stereocenters. The van der Waals surface area contributed by atoms with Gasteiger partial charge in [-0.1, -0.05) is 44.2 Å². The van der Waals surface area contributed by atoms with E-state index in [0.717, 1.165) is 5.56 Å². The van der Waals surface area contributed by atoms with Crippen LogP contribution in [0.25, 0.3) is 5.69 Å². The number of amides is 1. The van der Waals surface area contributed by atoms with Crippen molar-refractivity contribution in [1.82, 2.24) is 14.7 Å². The first-order valence-corrected chi connectivity index (χ1v) is 12.4. The number of nitrogens with zero attached hydrogens (tertiary/aromatic N) is 3. The molecule has 1 heterocycles. The van der Waals surface area contributed by atoms with Gasteiger partial charge in [0.2, 0.25) is 5.88 Å². The number of aliphatic hydroxyl groups excluding tert-OH is 2. The fourth-order valence-corrected chi connectivity index (χ4v) is 4.13. The maximum absolute atomic E-state index is 13.7. The molecular weight excluding hydrogens is 493 g/mol. The third-order valence-electron chi connectivity index (χ3n) is 6.28. The molecule has 38 heavy (non-hydrogen) atoms. The molecule has 204 valence electrons. The van der Waals surface area contributed by atoms with Crippen molar-refractivity contribution in [2.24, 2.45) is 0 Å². The number of benzene rings is 2. The van der Waals surface area contributed by atoms with E-state index in [1.807, 2.05) is 51.1 Å². The molecule has 2 aromatic carbocycles. The molecule has 0 radical (unpaired) electrons. The first-order valence-electron chi connectivity index (χ1n) is 12.4. The molecule has 0 saturated heterocycles. The highest BCUT2D eigenvalue weighted by molar-refractivity contribution is 5.95. The number of carboxylic acid groups (broad SMARTS) is 1. The summed E-state index contributed by atoms with van der Waals surface area (Å²) in [7, 11) is 1.69. The zero-order valence-corrected chi connectivity index (χ0v) is 21.9. The van der Waals surface area contributed by atoms with Gasteiger partial charge in [-0.15, -0.1) is 0 Å². The molecule has 0 fully saturated rings. The summed E-state index contributed by atoms with van der Waals surface area (Å²) in [5.74, 6) is -1.98.